The average molecular weight is 279 g/mol. The highest BCUT2D eigenvalue weighted by Crippen LogP contribution is 2.14. The Labute approximate surface area is 118 Å². The fourth-order valence-corrected chi connectivity index (χ4v) is 1.67. The summed E-state index contributed by atoms with van der Waals surface area (Å²) in [7, 11) is 0. The molecule has 1 unspecified atom stereocenters. The van der Waals surface area contributed by atoms with E-state index in [4.69, 9.17) is 9.84 Å². The fourth-order valence-electron chi connectivity index (χ4n) is 1.67. The maximum atomic E-state index is 12.0. The van der Waals surface area contributed by atoms with Crippen LogP contribution in [-0.2, 0) is 9.59 Å². The molecule has 1 amide bonds. The zero-order chi connectivity index (χ0) is 15.2. The molecular weight excluding hydrogens is 258 g/mol. The van der Waals surface area contributed by atoms with E-state index in [1.807, 2.05) is 18.2 Å². The summed E-state index contributed by atoms with van der Waals surface area (Å²) in [6, 6.07) is 9.08. The van der Waals surface area contributed by atoms with Gasteiger partial charge in [-0.2, -0.15) is 0 Å². The predicted octanol–water partition coefficient (Wildman–Crippen LogP) is 2.21. The maximum absolute atomic E-state index is 12.0. The third-order valence-electron chi connectivity index (χ3n) is 2.85. The molecule has 5 nitrogen and oxygen atoms in total. The molecule has 0 aliphatic heterocycles. The molecule has 2 N–H and O–H groups in total. The smallest absolute Gasteiger partial charge is 0.303 e. The minimum absolute atomic E-state index is 0.0151. The number of carboxylic acids is 1. The highest BCUT2D eigenvalue weighted by atomic mass is 16.5. The summed E-state index contributed by atoms with van der Waals surface area (Å²) in [6.45, 7) is 5.25. The van der Waals surface area contributed by atoms with Crippen molar-refractivity contribution in [2.75, 3.05) is 0 Å². The molecule has 0 aliphatic rings. The molecule has 0 heterocycles. The Morgan fingerprint density at radius 2 is 1.90 bits per heavy atom. The topological polar surface area (TPSA) is 75.6 Å². The number of benzene rings is 1. The monoisotopic (exact) mass is 279 g/mol. The van der Waals surface area contributed by atoms with Gasteiger partial charge < -0.3 is 15.2 Å². The minimum atomic E-state index is -0.874. The van der Waals surface area contributed by atoms with Crippen molar-refractivity contribution >= 4 is 11.9 Å². The molecule has 1 aromatic rings. The van der Waals surface area contributed by atoms with Gasteiger partial charge in [0, 0.05) is 12.0 Å². The zero-order valence-corrected chi connectivity index (χ0v) is 12.1. The molecule has 0 spiro atoms. The summed E-state index contributed by atoms with van der Waals surface area (Å²) in [5, 5.41) is 11.5. The van der Waals surface area contributed by atoms with Crippen molar-refractivity contribution in [3.05, 3.63) is 30.3 Å². The summed E-state index contributed by atoms with van der Waals surface area (Å²) in [4.78, 5) is 22.6. The van der Waals surface area contributed by atoms with Crippen LogP contribution in [-0.4, -0.2) is 28.6 Å². The van der Waals surface area contributed by atoms with Crippen LogP contribution in [0.5, 0.6) is 5.75 Å². The lowest BCUT2D eigenvalue weighted by molar-refractivity contribution is -0.138. The molecule has 0 fully saturated rings. The lowest BCUT2D eigenvalue weighted by Gasteiger charge is -2.27. The molecule has 0 saturated carbocycles. The van der Waals surface area contributed by atoms with E-state index in [-0.39, 0.29) is 12.3 Å². The molecule has 1 atom stereocenters. The van der Waals surface area contributed by atoms with Crippen LogP contribution >= 0.6 is 0 Å². The van der Waals surface area contributed by atoms with E-state index in [9.17, 15) is 9.59 Å². The lowest BCUT2D eigenvalue weighted by atomic mass is 9.98. The van der Waals surface area contributed by atoms with Gasteiger partial charge in [0.25, 0.3) is 5.91 Å². The molecular formula is C15H21NO4. The average Bonchev–Trinajstić information content (AvgIpc) is 2.37. The first-order valence-electron chi connectivity index (χ1n) is 6.56. The third-order valence-corrected chi connectivity index (χ3v) is 2.85. The number of aliphatic carboxylic acids is 1. The fraction of sp³-hybridized carbons (Fsp3) is 0.467. The van der Waals surface area contributed by atoms with Gasteiger partial charge in [-0.05, 0) is 39.3 Å². The number of carboxylic acid groups (broad SMARTS) is 1. The highest BCUT2D eigenvalue weighted by Gasteiger charge is 2.25. The van der Waals surface area contributed by atoms with Crippen molar-refractivity contribution in [2.24, 2.45) is 0 Å². The van der Waals surface area contributed by atoms with Crippen LogP contribution in [0.15, 0.2) is 30.3 Å². The molecule has 5 heteroatoms. The van der Waals surface area contributed by atoms with E-state index in [2.05, 4.69) is 5.32 Å². The number of amides is 1. The third kappa shape index (κ3) is 5.73. The molecule has 0 aromatic heterocycles. The van der Waals surface area contributed by atoms with Gasteiger partial charge in [-0.3, -0.25) is 9.59 Å². The van der Waals surface area contributed by atoms with Gasteiger partial charge in [-0.25, -0.2) is 0 Å². The summed E-state index contributed by atoms with van der Waals surface area (Å²) < 4.78 is 5.52. The molecule has 0 radical (unpaired) electrons. The van der Waals surface area contributed by atoms with Crippen molar-refractivity contribution < 1.29 is 19.4 Å². The molecule has 110 valence electrons. The molecule has 0 aliphatic carbocycles. The van der Waals surface area contributed by atoms with Gasteiger partial charge in [-0.1, -0.05) is 18.2 Å². The first-order chi connectivity index (χ1) is 9.30. The van der Waals surface area contributed by atoms with Crippen LogP contribution in [0.2, 0.25) is 0 Å². The highest BCUT2D eigenvalue weighted by molar-refractivity contribution is 5.81. The largest absolute Gasteiger partial charge is 0.481 e. The Morgan fingerprint density at radius 1 is 1.30 bits per heavy atom. The number of para-hydroxylation sites is 1. The molecule has 0 bridgehead atoms. The van der Waals surface area contributed by atoms with Crippen LogP contribution in [0.25, 0.3) is 0 Å². The second-order valence-electron chi connectivity index (χ2n) is 5.34. The Bertz CT molecular complexity index is 456. The lowest BCUT2D eigenvalue weighted by Crippen LogP contribution is -2.48. The molecule has 0 saturated heterocycles. The van der Waals surface area contributed by atoms with Gasteiger partial charge in [0.15, 0.2) is 6.10 Å². The van der Waals surface area contributed by atoms with E-state index < -0.39 is 17.6 Å². The van der Waals surface area contributed by atoms with E-state index in [0.717, 1.165) is 0 Å². The standard InChI is InChI=1S/C15H21NO4/c1-11(20-12-7-5-4-6-8-12)14(19)16-15(2,3)10-9-13(17)18/h4-8,11H,9-10H2,1-3H3,(H,16,19)(H,17,18). The van der Waals surface area contributed by atoms with Gasteiger partial charge in [0.05, 0.1) is 0 Å². The first kappa shape index (κ1) is 16.0. The van der Waals surface area contributed by atoms with Crippen LogP contribution < -0.4 is 10.1 Å². The van der Waals surface area contributed by atoms with Crippen molar-refractivity contribution in [1.82, 2.24) is 5.32 Å². The van der Waals surface area contributed by atoms with Crippen LogP contribution in [0.3, 0.4) is 0 Å². The predicted molar refractivity (Wildman–Crippen MR) is 75.6 cm³/mol. The molecule has 20 heavy (non-hydrogen) atoms. The summed E-state index contributed by atoms with van der Waals surface area (Å²) in [5.74, 6) is -0.511. The number of carbonyl (C=O) groups is 2. The number of hydrogen-bond acceptors (Lipinski definition) is 3. The van der Waals surface area contributed by atoms with Gasteiger partial charge >= 0.3 is 5.97 Å². The first-order valence-corrected chi connectivity index (χ1v) is 6.56. The number of carbonyl (C=O) groups excluding carboxylic acids is 1. The second kappa shape index (κ2) is 6.93. The van der Waals surface area contributed by atoms with E-state index in [0.29, 0.717) is 12.2 Å². The van der Waals surface area contributed by atoms with Crippen LogP contribution in [0.4, 0.5) is 0 Å². The maximum Gasteiger partial charge on any atom is 0.303 e. The quantitative estimate of drug-likeness (QED) is 0.802. The van der Waals surface area contributed by atoms with Crippen molar-refractivity contribution in [3.8, 4) is 5.75 Å². The Kier molecular flexibility index (Phi) is 5.55. The Hall–Kier alpha value is -2.04. The van der Waals surface area contributed by atoms with E-state index >= 15 is 0 Å². The van der Waals surface area contributed by atoms with E-state index in [1.54, 1.807) is 32.9 Å². The zero-order valence-electron chi connectivity index (χ0n) is 12.1. The van der Waals surface area contributed by atoms with Gasteiger partial charge in [-0.15, -0.1) is 0 Å². The van der Waals surface area contributed by atoms with E-state index in [1.165, 1.54) is 0 Å². The molecule has 1 rings (SSSR count). The summed E-state index contributed by atoms with van der Waals surface area (Å²) in [6.07, 6.45) is -0.255. The number of hydrogen-bond donors (Lipinski definition) is 2. The van der Waals surface area contributed by atoms with Gasteiger partial charge in [0.1, 0.15) is 5.75 Å². The summed E-state index contributed by atoms with van der Waals surface area (Å²) >= 11 is 0. The summed E-state index contributed by atoms with van der Waals surface area (Å²) in [5.41, 5.74) is -0.580. The van der Waals surface area contributed by atoms with Crippen LogP contribution in [0, 0.1) is 0 Å². The molecule has 1 aromatic carbocycles. The normalized spacial score (nSPS) is 12.6. The Morgan fingerprint density at radius 3 is 2.45 bits per heavy atom. The minimum Gasteiger partial charge on any atom is -0.481 e. The van der Waals surface area contributed by atoms with Gasteiger partial charge in [0.2, 0.25) is 0 Å². The second-order valence-corrected chi connectivity index (χ2v) is 5.34. The SMILES string of the molecule is CC(Oc1ccccc1)C(=O)NC(C)(C)CCC(=O)O. The van der Waals surface area contributed by atoms with Crippen molar-refractivity contribution in [3.63, 3.8) is 0 Å². The Balaban J connectivity index is 2.50. The van der Waals surface area contributed by atoms with Crippen molar-refractivity contribution in [1.29, 1.82) is 0 Å². The number of nitrogens with one attached hydrogen (secondary N) is 1. The van der Waals surface area contributed by atoms with Crippen LogP contribution in [0.1, 0.15) is 33.6 Å². The number of rotatable bonds is 7. The van der Waals surface area contributed by atoms with Crippen molar-refractivity contribution in [2.45, 2.75) is 45.3 Å². The number of ether oxygens (including phenoxy) is 1.